The lowest BCUT2D eigenvalue weighted by Crippen LogP contribution is -2.43. The van der Waals surface area contributed by atoms with Crippen LogP contribution in [0, 0.1) is 5.92 Å². The van der Waals surface area contributed by atoms with E-state index in [2.05, 4.69) is 17.6 Å². The largest absolute Gasteiger partial charge is 0.396 e. The molecule has 0 bridgehead atoms. The Morgan fingerprint density at radius 2 is 2.35 bits per heavy atom. The van der Waals surface area contributed by atoms with E-state index in [1.165, 1.54) is 0 Å². The summed E-state index contributed by atoms with van der Waals surface area (Å²) in [6.07, 6.45) is 3.78. The van der Waals surface area contributed by atoms with Crippen LogP contribution in [0.1, 0.15) is 39.0 Å². The highest BCUT2D eigenvalue weighted by Gasteiger charge is 2.27. The van der Waals surface area contributed by atoms with Crippen molar-refractivity contribution in [1.82, 2.24) is 10.6 Å². The molecule has 1 saturated heterocycles. The van der Waals surface area contributed by atoms with Crippen molar-refractivity contribution in [2.24, 2.45) is 5.92 Å². The molecule has 98 valence electrons. The molecule has 2 atom stereocenters. The average Bonchev–Trinajstić information content (AvgIpc) is 2.73. The fraction of sp³-hybridized carbons (Fsp3) is 0.833. The molecule has 1 fully saturated rings. The van der Waals surface area contributed by atoms with Crippen molar-refractivity contribution >= 4 is 11.8 Å². The second kappa shape index (κ2) is 7.27. The van der Waals surface area contributed by atoms with Crippen molar-refractivity contribution in [3.63, 3.8) is 0 Å². The highest BCUT2D eigenvalue weighted by atomic mass is 16.3. The predicted octanol–water partition coefficient (Wildman–Crippen LogP) is 0.180. The summed E-state index contributed by atoms with van der Waals surface area (Å²) in [5, 5.41) is 14.4. The number of aliphatic hydroxyl groups excluding tert-OH is 1. The van der Waals surface area contributed by atoms with Crippen molar-refractivity contribution in [3.05, 3.63) is 0 Å². The van der Waals surface area contributed by atoms with E-state index in [9.17, 15) is 9.59 Å². The van der Waals surface area contributed by atoms with Crippen LogP contribution >= 0.6 is 0 Å². The van der Waals surface area contributed by atoms with E-state index in [-0.39, 0.29) is 24.5 Å². The molecule has 0 saturated carbocycles. The van der Waals surface area contributed by atoms with E-state index in [4.69, 9.17) is 5.11 Å². The highest BCUT2D eigenvalue weighted by Crippen LogP contribution is 2.10. The number of hydrogen-bond donors (Lipinski definition) is 3. The zero-order chi connectivity index (χ0) is 12.7. The molecule has 5 heteroatoms. The fourth-order valence-electron chi connectivity index (χ4n) is 2.12. The van der Waals surface area contributed by atoms with Gasteiger partial charge in [-0.3, -0.25) is 9.59 Å². The first-order valence-electron chi connectivity index (χ1n) is 6.35. The lowest BCUT2D eigenvalue weighted by atomic mass is 10.00. The fourth-order valence-corrected chi connectivity index (χ4v) is 2.12. The molecule has 1 heterocycles. The molecule has 0 radical (unpaired) electrons. The summed E-state index contributed by atoms with van der Waals surface area (Å²) >= 11 is 0. The Labute approximate surface area is 102 Å². The molecule has 1 aliphatic rings. The van der Waals surface area contributed by atoms with Crippen LogP contribution in [0.5, 0.6) is 0 Å². The lowest BCUT2D eigenvalue weighted by molar-refractivity contribution is -0.125. The van der Waals surface area contributed by atoms with Gasteiger partial charge in [0.15, 0.2) is 0 Å². The van der Waals surface area contributed by atoms with Crippen molar-refractivity contribution in [2.45, 2.75) is 45.1 Å². The van der Waals surface area contributed by atoms with Gasteiger partial charge in [0.1, 0.15) is 6.04 Å². The summed E-state index contributed by atoms with van der Waals surface area (Å²) in [5.41, 5.74) is 0. The quantitative estimate of drug-likeness (QED) is 0.596. The van der Waals surface area contributed by atoms with Gasteiger partial charge >= 0.3 is 0 Å². The Bertz CT molecular complexity index is 262. The van der Waals surface area contributed by atoms with E-state index in [1.54, 1.807) is 0 Å². The number of carbonyl (C=O) groups is 2. The first-order valence-corrected chi connectivity index (χ1v) is 6.35. The molecule has 3 N–H and O–H groups in total. The maximum Gasteiger partial charge on any atom is 0.242 e. The third kappa shape index (κ3) is 4.73. The van der Waals surface area contributed by atoms with Gasteiger partial charge in [0.2, 0.25) is 11.8 Å². The first-order chi connectivity index (χ1) is 8.17. The Kier molecular flexibility index (Phi) is 5.97. The van der Waals surface area contributed by atoms with E-state index < -0.39 is 0 Å². The number of aliphatic hydroxyl groups is 1. The number of hydrogen-bond acceptors (Lipinski definition) is 3. The molecule has 0 aromatic rings. The third-order valence-electron chi connectivity index (χ3n) is 3.11. The molecule has 0 aromatic carbocycles. The summed E-state index contributed by atoms with van der Waals surface area (Å²) in [7, 11) is 0. The minimum absolute atomic E-state index is 0.0504. The van der Waals surface area contributed by atoms with Crippen LogP contribution in [-0.2, 0) is 9.59 Å². The van der Waals surface area contributed by atoms with Gasteiger partial charge in [-0.25, -0.2) is 0 Å². The molecule has 2 amide bonds. The van der Waals surface area contributed by atoms with Gasteiger partial charge in [0.05, 0.1) is 0 Å². The highest BCUT2D eigenvalue weighted by molar-refractivity contribution is 5.90. The summed E-state index contributed by atoms with van der Waals surface area (Å²) in [4.78, 5) is 22.7. The van der Waals surface area contributed by atoms with Crippen molar-refractivity contribution < 1.29 is 14.7 Å². The van der Waals surface area contributed by atoms with Gasteiger partial charge < -0.3 is 15.7 Å². The number of rotatable bonds is 7. The minimum Gasteiger partial charge on any atom is -0.396 e. The molecule has 1 aliphatic heterocycles. The Hall–Kier alpha value is -1.10. The molecule has 0 aliphatic carbocycles. The van der Waals surface area contributed by atoms with E-state index in [1.807, 2.05) is 0 Å². The van der Waals surface area contributed by atoms with Crippen LogP contribution in [0.4, 0.5) is 0 Å². The molecule has 0 spiro atoms. The monoisotopic (exact) mass is 242 g/mol. The average molecular weight is 242 g/mol. The zero-order valence-electron chi connectivity index (χ0n) is 10.4. The van der Waals surface area contributed by atoms with E-state index in [0.717, 1.165) is 12.8 Å². The maximum absolute atomic E-state index is 11.7. The Balaban J connectivity index is 2.27. The van der Waals surface area contributed by atoms with Gasteiger partial charge in [-0.05, 0) is 25.2 Å². The van der Waals surface area contributed by atoms with Crippen LogP contribution in [-0.4, -0.2) is 36.1 Å². The summed E-state index contributed by atoms with van der Waals surface area (Å²) in [6.45, 7) is 2.82. The number of amides is 2. The molecule has 1 rings (SSSR count). The smallest absolute Gasteiger partial charge is 0.242 e. The molecular formula is C12H22N2O3. The van der Waals surface area contributed by atoms with Gasteiger partial charge in [-0.1, -0.05) is 13.3 Å². The zero-order valence-corrected chi connectivity index (χ0v) is 10.4. The molecule has 0 aromatic heterocycles. The SMILES string of the molecule is CCCC(CCO)CNC(=O)[C@H]1CCC(=O)N1. The normalized spacial score (nSPS) is 21.1. The standard InChI is InChI=1S/C12H22N2O3/c1-2-3-9(6-7-15)8-13-12(17)10-4-5-11(16)14-10/h9-10,15H,2-8H2,1H3,(H,13,17)(H,14,16)/t9?,10-/m1/s1. The van der Waals surface area contributed by atoms with Crippen LogP contribution < -0.4 is 10.6 Å². The van der Waals surface area contributed by atoms with Gasteiger partial charge in [0, 0.05) is 19.6 Å². The van der Waals surface area contributed by atoms with E-state index in [0.29, 0.717) is 31.7 Å². The number of nitrogens with one attached hydrogen (secondary N) is 2. The maximum atomic E-state index is 11.7. The number of carbonyl (C=O) groups excluding carboxylic acids is 2. The van der Waals surface area contributed by atoms with Crippen molar-refractivity contribution in [1.29, 1.82) is 0 Å². The summed E-state index contributed by atoms with van der Waals surface area (Å²) < 4.78 is 0. The van der Waals surface area contributed by atoms with Crippen LogP contribution in [0.3, 0.4) is 0 Å². The van der Waals surface area contributed by atoms with Crippen molar-refractivity contribution in [3.8, 4) is 0 Å². The van der Waals surface area contributed by atoms with E-state index >= 15 is 0 Å². The van der Waals surface area contributed by atoms with Gasteiger partial charge in [-0.15, -0.1) is 0 Å². The molecular weight excluding hydrogens is 220 g/mol. The van der Waals surface area contributed by atoms with Gasteiger partial charge in [0.25, 0.3) is 0 Å². The first kappa shape index (κ1) is 14.0. The third-order valence-corrected chi connectivity index (χ3v) is 3.11. The summed E-state index contributed by atoms with van der Waals surface area (Å²) in [5.74, 6) is 0.173. The Morgan fingerprint density at radius 3 is 2.88 bits per heavy atom. The second-order valence-electron chi connectivity index (χ2n) is 4.57. The minimum atomic E-state index is -0.362. The van der Waals surface area contributed by atoms with Crippen LogP contribution in [0.25, 0.3) is 0 Å². The molecule has 17 heavy (non-hydrogen) atoms. The van der Waals surface area contributed by atoms with Crippen LogP contribution in [0.15, 0.2) is 0 Å². The summed E-state index contributed by atoms with van der Waals surface area (Å²) in [6, 6.07) is -0.362. The van der Waals surface area contributed by atoms with Crippen LogP contribution in [0.2, 0.25) is 0 Å². The predicted molar refractivity (Wildman–Crippen MR) is 64.3 cm³/mol. The molecule has 1 unspecified atom stereocenters. The Morgan fingerprint density at radius 1 is 1.59 bits per heavy atom. The van der Waals surface area contributed by atoms with Gasteiger partial charge in [-0.2, -0.15) is 0 Å². The second-order valence-corrected chi connectivity index (χ2v) is 4.57. The molecule has 5 nitrogen and oxygen atoms in total. The lowest BCUT2D eigenvalue weighted by Gasteiger charge is -2.17. The topological polar surface area (TPSA) is 78.4 Å². The van der Waals surface area contributed by atoms with Crippen molar-refractivity contribution in [2.75, 3.05) is 13.2 Å².